The Morgan fingerprint density at radius 2 is 2.00 bits per heavy atom. The number of amides is 1. The first kappa shape index (κ1) is 18.1. The Morgan fingerprint density at radius 3 is 2.69 bits per heavy atom. The number of benzene rings is 2. The molecule has 2 aromatic carbocycles. The number of anilines is 2. The van der Waals surface area contributed by atoms with Gasteiger partial charge in [-0.2, -0.15) is 0 Å². The van der Waals surface area contributed by atoms with Crippen LogP contribution in [0.4, 0.5) is 11.4 Å². The third-order valence-electron chi connectivity index (χ3n) is 4.06. The molecule has 1 amide bonds. The highest BCUT2D eigenvalue weighted by molar-refractivity contribution is 7.92. The zero-order valence-electron chi connectivity index (χ0n) is 14.8. The first-order valence-corrected chi connectivity index (χ1v) is 9.52. The van der Waals surface area contributed by atoms with Gasteiger partial charge < -0.3 is 14.4 Å². The summed E-state index contributed by atoms with van der Waals surface area (Å²) in [6, 6.07) is 9.78. The summed E-state index contributed by atoms with van der Waals surface area (Å²) in [5, 5.41) is 0. The van der Waals surface area contributed by atoms with Gasteiger partial charge in [-0.15, -0.1) is 0 Å². The lowest BCUT2D eigenvalue weighted by atomic mass is 10.2. The highest BCUT2D eigenvalue weighted by atomic mass is 32.2. The number of aryl methyl sites for hydroxylation is 1. The quantitative estimate of drug-likeness (QED) is 0.886. The predicted octanol–water partition coefficient (Wildman–Crippen LogP) is 2.55. The predicted molar refractivity (Wildman–Crippen MR) is 98.5 cm³/mol. The molecule has 0 spiro atoms. The minimum atomic E-state index is -3.86. The van der Waals surface area contributed by atoms with Crippen LogP contribution in [0.5, 0.6) is 11.5 Å². The van der Waals surface area contributed by atoms with E-state index < -0.39 is 10.0 Å². The van der Waals surface area contributed by atoms with Crippen molar-refractivity contribution in [1.82, 2.24) is 0 Å². The van der Waals surface area contributed by atoms with Gasteiger partial charge in [-0.05, 0) is 42.8 Å². The minimum Gasteiger partial charge on any atom is -0.495 e. The number of fused-ring (bicyclic) bond motifs is 1. The third-order valence-corrected chi connectivity index (χ3v) is 5.47. The van der Waals surface area contributed by atoms with E-state index in [4.69, 9.17) is 9.47 Å². The molecule has 0 fully saturated rings. The number of hydrogen-bond donors (Lipinski definition) is 1. The fourth-order valence-electron chi connectivity index (χ4n) is 2.81. The molecule has 138 valence electrons. The van der Waals surface area contributed by atoms with Crippen LogP contribution in [0, 0.1) is 6.92 Å². The van der Waals surface area contributed by atoms with Gasteiger partial charge >= 0.3 is 0 Å². The molecular weight excluding hydrogens is 356 g/mol. The van der Waals surface area contributed by atoms with Crippen LogP contribution in [0.25, 0.3) is 0 Å². The lowest BCUT2D eigenvalue weighted by molar-refractivity contribution is -0.116. The number of hydrogen-bond acceptors (Lipinski definition) is 5. The largest absolute Gasteiger partial charge is 0.495 e. The fraction of sp³-hybridized carbons (Fsp3) is 0.278. The molecule has 2 aromatic rings. The number of sulfonamides is 1. The summed E-state index contributed by atoms with van der Waals surface area (Å²) in [6.07, 6.45) is 0. The Labute approximate surface area is 152 Å². The minimum absolute atomic E-state index is 0.0531. The molecule has 0 unspecified atom stereocenters. The van der Waals surface area contributed by atoms with Crippen molar-refractivity contribution in [3.05, 3.63) is 42.0 Å². The Balaban J connectivity index is 1.98. The Hall–Kier alpha value is -2.74. The fourth-order valence-corrected chi connectivity index (χ4v) is 4.12. The number of carbonyl (C=O) groups is 1. The normalized spacial score (nSPS) is 13.6. The second-order valence-electron chi connectivity index (χ2n) is 5.96. The van der Waals surface area contributed by atoms with Gasteiger partial charge in [-0.3, -0.25) is 9.52 Å². The first-order chi connectivity index (χ1) is 12.3. The molecule has 1 aliphatic rings. The average Bonchev–Trinajstić information content (AvgIpc) is 2.60. The maximum atomic E-state index is 12.8. The van der Waals surface area contributed by atoms with Crippen molar-refractivity contribution in [3.8, 4) is 11.5 Å². The average molecular weight is 376 g/mol. The molecule has 0 atom stereocenters. The molecule has 0 radical (unpaired) electrons. The lowest BCUT2D eigenvalue weighted by Crippen LogP contribution is -2.36. The zero-order chi connectivity index (χ0) is 18.9. The standard InChI is InChI=1S/C18H20N2O5S/c1-12-4-6-17(24-3)18(10-12)26(22,23)19-14-5-7-16-15(11-14)20(13(2)21)8-9-25-16/h4-7,10-11,19H,8-9H2,1-3H3. The van der Waals surface area contributed by atoms with Crippen LogP contribution < -0.4 is 19.1 Å². The van der Waals surface area contributed by atoms with Gasteiger partial charge in [-0.25, -0.2) is 8.42 Å². The van der Waals surface area contributed by atoms with Crippen LogP contribution in [0.2, 0.25) is 0 Å². The number of nitrogens with one attached hydrogen (secondary N) is 1. The van der Waals surface area contributed by atoms with Crippen LogP contribution in [0.1, 0.15) is 12.5 Å². The molecule has 3 rings (SSSR count). The molecule has 8 heteroatoms. The number of methoxy groups -OCH3 is 1. The second kappa shape index (κ2) is 6.87. The van der Waals surface area contributed by atoms with Crippen molar-refractivity contribution >= 4 is 27.3 Å². The number of rotatable bonds is 4. The van der Waals surface area contributed by atoms with Crippen molar-refractivity contribution in [2.24, 2.45) is 0 Å². The molecule has 0 bridgehead atoms. The van der Waals surface area contributed by atoms with Gasteiger partial charge in [0.25, 0.3) is 10.0 Å². The summed E-state index contributed by atoms with van der Waals surface area (Å²) in [6.45, 7) is 4.09. The Kier molecular flexibility index (Phi) is 4.78. The van der Waals surface area contributed by atoms with Crippen molar-refractivity contribution in [3.63, 3.8) is 0 Å². The van der Waals surface area contributed by atoms with Crippen molar-refractivity contribution in [2.45, 2.75) is 18.7 Å². The van der Waals surface area contributed by atoms with E-state index in [1.54, 1.807) is 48.2 Å². The highest BCUT2D eigenvalue weighted by Crippen LogP contribution is 2.35. The van der Waals surface area contributed by atoms with Crippen LogP contribution in [-0.4, -0.2) is 34.6 Å². The van der Waals surface area contributed by atoms with E-state index in [-0.39, 0.29) is 16.6 Å². The molecule has 1 heterocycles. The van der Waals surface area contributed by atoms with Crippen LogP contribution in [0.15, 0.2) is 41.3 Å². The molecule has 0 aromatic heterocycles. The maximum Gasteiger partial charge on any atom is 0.265 e. The van der Waals surface area contributed by atoms with E-state index >= 15 is 0 Å². The van der Waals surface area contributed by atoms with E-state index in [9.17, 15) is 13.2 Å². The monoisotopic (exact) mass is 376 g/mol. The van der Waals surface area contributed by atoms with Gasteiger partial charge in [0.15, 0.2) is 0 Å². The third kappa shape index (κ3) is 3.45. The summed E-state index contributed by atoms with van der Waals surface area (Å²) in [7, 11) is -2.44. The summed E-state index contributed by atoms with van der Waals surface area (Å²) in [5.74, 6) is 0.673. The molecule has 0 saturated heterocycles. The van der Waals surface area contributed by atoms with Crippen molar-refractivity contribution in [2.75, 3.05) is 29.9 Å². The summed E-state index contributed by atoms with van der Waals surface area (Å²) >= 11 is 0. The van der Waals surface area contributed by atoms with E-state index in [0.717, 1.165) is 5.56 Å². The van der Waals surface area contributed by atoms with Gasteiger partial charge in [0, 0.05) is 6.92 Å². The van der Waals surface area contributed by atoms with Crippen LogP contribution in [-0.2, 0) is 14.8 Å². The molecule has 0 aliphatic carbocycles. The van der Waals surface area contributed by atoms with E-state index in [1.807, 2.05) is 0 Å². The molecule has 1 N–H and O–H groups in total. The number of carbonyl (C=O) groups excluding carboxylic acids is 1. The molecule has 1 aliphatic heterocycles. The van der Waals surface area contributed by atoms with E-state index in [0.29, 0.717) is 30.3 Å². The highest BCUT2D eigenvalue weighted by Gasteiger charge is 2.24. The number of ether oxygens (including phenoxy) is 2. The molecular formula is C18H20N2O5S. The van der Waals surface area contributed by atoms with Crippen LogP contribution in [0.3, 0.4) is 0 Å². The molecule has 7 nitrogen and oxygen atoms in total. The van der Waals surface area contributed by atoms with Crippen molar-refractivity contribution < 1.29 is 22.7 Å². The van der Waals surface area contributed by atoms with Crippen molar-refractivity contribution in [1.29, 1.82) is 0 Å². The molecule has 0 saturated carbocycles. The van der Waals surface area contributed by atoms with E-state index in [1.165, 1.54) is 14.0 Å². The topological polar surface area (TPSA) is 84.9 Å². The van der Waals surface area contributed by atoms with Crippen LogP contribution >= 0.6 is 0 Å². The summed E-state index contributed by atoms with van der Waals surface area (Å²) < 4.78 is 38.9. The smallest absolute Gasteiger partial charge is 0.265 e. The Bertz CT molecular complexity index is 956. The second-order valence-corrected chi connectivity index (χ2v) is 7.61. The SMILES string of the molecule is COc1ccc(C)cc1S(=O)(=O)Nc1ccc2c(c1)N(C(C)=O)CCO2. The van der Waals surface area contributed by atoms with Gasteiger partial charge in [0.1, 0.15) is 23.0 Å². The summed E-state index contributed by atoms with van der Waals surface area (Å²) in [4.78, 5) is 13.4. The van der Waals surface area contributed by atoms with Gasteiger partial charge in [0.05, 0.1) is 25.0 Å². The summed E-state index contributed by atoms with van der Waals surface area (Å²) in [5.41, 5.74) is 1.68. The molecule has 26 heavy (non-hydrogen) atoms. The lowest BCUT2D eigenvalue weighted by Gasteiger charge is -2.29. The van der Waals surface area contributed by atoms with Gasteiger partial charge in [-0.1, -0.05) is 6.07 Å². The van der Waals surface area contributed by atoms with E-state index in [2.05, 4.69) is 4.72 Å². The maximum absolute atomic E-state index is 12.8. The van der Waals surface area contributed by atoms with Gasteiger partial charge in [0.2, 0.25) is 5.91 Å². The zero-order valence-corrected chi connectivity index (χ0v) is 15.6. The first-order valence-electron chi connectivity index (χ1n) is 8.04. The number of nitrogens with zero attached hydrogens (tertiary/aromatic N) is 1. The Morgan fingerprint density at radius 1 is 1.23 bits per heavy atom.